The van der Waals surface area contributed by atoms with Crippen molar-refractivity contribution in [1.82, 2.24) is 9.88 Å². The summed E-state index contributed by atoms with van der Waals surface area (Å²) >= 11 is 0. The highest BCUT2D eigenvalue weighted by atomic mass is 35.7. The normalized spacial score (nSPS) is 20.4. The van der Waals surface area contributed by atoms with Crippen LogP contribution in [0.15, 0.2) is 24.5 Å². The molecule has 1 unspecified atom stereocenters. The van der Waals surface area contributed by atoms with Gasteiger partial charge in [0.1, 0.15) is 5.25 Å². The zero-order chi connectivity index (χ0) is 13.2. The number of likely N-dealkylation sites (tertiary alicyclic amines) is 1. The molecule has 1 fully saturated rings. The van der Waals surface area contributed by atoms with Gasteiger partial charge < -0.3 is 4.90 Å². The minimum absolute atomic E-state index is 0.0150. The van der Waals surface area contributed by atoms with E-state index in [1.54, 1.807) is 12.4 Å². The number of halogens is 1. The van der Waals surface area contributed by atoms with E-state index in [0.29, 0.717) is 13.0 Å². The van der Waals surface area contributed by atoms with E-state index in [2.05, 4.69) is 4.98 Å². The molecule has 1 aromatic rings. The smallest absolute Gasteiger partial charge is 0.237 e. The topological polar surface area (TPSA) is 67.3 Å². The highest BCUT2D eigenvalue weighted by molar-refractivity contribution is 8.14. The number of carbonyl (C=O) groups excluding carboxylic acids is 1. The van der Waals surface area contributed by atoms with Gasteiger partial charge in [0.2, 0.25) is 15.0 Å². The van der Waals surface area contributed by atoms with E-state index in [9.17, 15) is 13.2 Å². The van der Waals surface area contributed by atoms with Crippen molar-refractivity contribution >= 4 is 25.6 Å². The molecule has 1 saturated heterocycles. The quantitative estimate of drug-likeness (QED) is 0.769. The van der Waals surface area contributed by atoms with E-state index in [1.807, 2.05) is 12.1 Å². The lowest BCUT2D eigenvalue weighted by molar-refractivity contribution is -0.127. The second-order valence-corrected chi connectivity index (χ2v) is 7.16. The van der Waals surface area contributed by atoms with E-state index in [0.717, 1.165) is 5.56 Å². The molecule has 1 atom stereocenters. The standard InChI is InChI=1S/C11H13ClN2O3S/c12-18(16,17)10-6-11(15)14(8-10)5-3-9-2-1-4-13-7-9/h1-2,4,7,10H,3,5-6,8H2. The number of carbonyl (C=O) groups is 1. The van der Waals surface area contributed by atoms with Crippen molar-refractivity contribution in [3.63, 3.8) is 0 Å². The maximum absolute atomic E-state index is 11.6. The first-order valence-corrected chi connectivity index (χ1v) is 7.94. The minimum atomic E-state index is -3.65. The van der Waals surface area contributed by atoms with Crippen LogP contribution < -0.4 is 0 Å². The molecular formula is C11H13ClN2O3S. The van der Waals surface area contributed by atoms with Crippen LogP contribution in [0.2, 0.25) is 0 Å². The number of hydrogen-bond donors (Lipinski definition) is 0. The van der Waals surface area contributed by atoms with Crippen LogP contribution >= 0.6 is 10.7 Å². The van der Waals surface area contributed by atoms with Crippen molar-refractivity contribution in [2.45, 2.75) is 18.1 Å². The lowest BCUT2D eigenvalue weighted by atomic mass is 10.2. The van der Waals surface area contributed by atoms with E-state index >= 15 is 0 Å². The van der Waals surface area contributed by atoms with Crippen molar-refractivity contribution in [2.75, 3.05) is 13.1 Å². The fraction of sp³-hybridized carbons (Fsp3) is 0.455. The highest BCUT2D eigenvalue weighted by Crippen LogP contribution is 2.21. The van der Waals surface area contributed by atoms with Gasteiger partial charge in [0.25, 0.3) is 0 Å². The zero-order valence-electron chi connectivity index (χ0n) is 9.62. The number of amides is 1. The van der Waals surface area contributed by atoms with Gasteiger partial charge in [0.05, 0.1) is 0 Å². The first-order chi connectivity index (χ1) is 8.47. The van der Waals surface area contributed by atoms with Crippen molar-refractivity contribution in [2.24, 2.45) is 0 Å². The van der Waals surface area contributed by atoms with Crippen LogP contribution in [-0.2, 0) is 20.3 Å². The molecule has 0 radical (unpaired) electrons. The Balaban J connectivity index is 1.94. The van der Waals surface area contributed by atoms with Crippen LogP contribution in [-0.4, -0.2) is 42.5 Å². The third kappa shape index (κ3) is 3.20. The third-order valence-electron chi connectivity index (χ3n) is 2.97. The van der Waals surface area contributed by atoms with Crippen LogP contribution in [0.5, 0.6) is 0 Å². The molecule has 0 aromatic carbocycles. The summed E-state index contributed by atoms with van der Waals surface area (Å²) in [6.07, 6.45) is 4.06. The Hall–Kier alpha value is -1.14. The van der Waals surface area contributed by atoms with Gasteiger partial charge in [0.15, 0.2) is 0 Å². The van der Waals surface area contributed by atoms with Crippen LogP contribution in [0.4, 0.5) is 0 Å². The maximum Gasteiger partial charge on any atom is 0.237 e. The number of hydrogen-bond acceptors (Lipinski definition) is 4. The summed E-state index contributed by atoms with van der Waals surface area (Å²) in [5.41, 5.74) is 1.02. The van der Waals surface area contributed by atoms with Crippen LogP contribution in [0.1, 0.15) is 12.0 Å². The molecule has 5 nitrogen and oxygen atoms in total. The molecule has 2 heterocycles. The van der Waals surface area contributed by atoms with Gasteiger partial charge >= 0.3 is 0 Å². The highest BCUT2D eigenvalue weighted by Gasteiger charge is 2.36. The molecule has 0 aliphatic carbocycles. The Bertz CT molecular complexity index is 532. The predicted octanol–water partition coefficient (Wildman–Crippen LogP) is 0.794. The van der Waals surface area contributed by atoms with Gasteiger partial charge in [-0.2, -0.15) is 0 Å². The van der Waals surface area contributed by atoms with Gasteiger partial charge in [-0.25, -0.2) is 8.42 Å². The molecule has 0 bridgehead atoms. The minimum Gasteiger partial charge on any atom is -0.341 e. The molecule has 7 heteroatoms. The van der Waals surface area contributed by atoms with Crippen molar-refractivity contribution < 1.29 is 13.2 Å². The first-order valence-electron chi connectivity index (χ1n) is 5.57. The molecule has 1 aromatic heterocycles. The average Bonchev–Trinajstić information content (AvgIpc) is 2.69. The lowest BCUT2D eigenvalue weighted by Crippen LogP contribution is -2.29. The van der Waals surface area contributed by atoms with Gasteiger partial charge in [-0.3, -0.25) is 9.78 Å². The van der Waals surface area contributed by atoms with Gasteiger partial charge in [-0.05, 0) is 18.1 Å². The summed E-state index contributed by atoms with van der Waals surface area (Å²) in [4.78, 5) is 17.2. The molecule has 1 aliphatic heterocycles. The fourth-order valence-corrected chi connectivity index (χ4v) is 3.01. The first kappa shape index (κ1) is 13.3. The summed E-state index contributed by atoms with van der Waals surface area (Å²) < 4.78 is 22.4. The van der Waals surface area contributed by atoms with Crippen LogP contribution in [0.25, 0.3) is 0 Å². The molecule has 0 spiro atoms. The Morgan fingerprint density at radius 3 is 2.83 bits per heavy atom. The van der Waals surface area contributed by atoms with Crippen molar-refractivity contribution in [1.29, 1.82) is 0 Å². The van der Waals surface area contributed by atoms with Crippen molar-refractivity contribution in [3.8, 4) is 0 Å². The molecular weight excluding hydrogens is 276 g/mol. The van der Waals surface area contributed by atoms with Crippen molar-refractivity contribution in [3.05, 3.63) is 30.1 Å². The molecule has 2 rings (SSSR count). The van der Waals surface area contributed by atoms with Crippen LogP contribution in [0, 0.1) is 0 Å². The number of aromatic nitrogens is 1. The second kappa shape index (κ2) is 5.24. The second-order valence-electron chi connectivity index (χ2n) is 4.25. The van der Waals surface area contributed by atoms with E-state index in [-0.39, 0.29) is 18.9 Å². The summed E-state index contributed by atoms with van der Waals surface area (Å²) in [6.45, 7) is 0.679. The molecule has 18 heavy (non-hydrogen) atoms. The number of pyridine rings is 1. The van der Waals surface area contributed by atoms with Gasteiger partial charge in [-0.15, -0.1) is 0 Å². The molecule has 0 saturated carbocycles. The summed E-state index contributed by atoms with van der Waals surface area (Å²) in [5, 5.41) is -0.777. The Labute approximate surface area is 110 Å². The van der Waals surface area contributed by atoms with E-state index in [4.69, 9.17) is 10.7 Å². The van der Waals surface area contributed by atoms with E-state index in [1.165, 1.54) is 4.90 Å². The largest absolute Gasteiger partial charge is 0.341 e. The summed E-state index contributed by atoms with van der Waals surface area (Å²) in [5.74, 6) is -0.159. The van der Waals surface area contributed by atoms with Gasteiger partial charge in [-0.1, -0.05) is 6.07 Å². The summed E-state index contributed by atoms with van der Waals surface area (Å²) in [7, 11) is 1.62. The molecule has 1 aliphatic rings. The fourth-order valence-electron chi connectivity index (χ4n) is 1.95. The monoisotopic (exact) mass is 288 g/mol. The van der Waals surface area contributed by atoms with Crippen LogP contribution in [0.3, 0.4) is 0 Å². The SMILES string of the molecule is O=C1CC(S(=O)(=O)Cl)CN1CCc1cccnc1. The Kier molecular flexibility index (Phi) is 3.87. The Morgan fingerprint density at radius 2 is 2.28 bits per heavy atom. The average molecular weight is 289 g/mol. The van der Waals surface area contributed by atoms with E-state index < -0.39 is 14.3 Å². The molecule has 0 N–H and O–H groups in total. The Morgan fingerprint density at radius 1 is 1.50 bits per heavy atom. The number of nitrogens with zero attached hydrogens (tertiary/aromatic N) is 2. The zero-order valence-corrected chi connectivity index (χ0v) is 11.2. The lowest BCUT2D eigenvalue weighted by Gasteiger charge is -2.15. The number of rotatable bonds is 4. The molecule has 1 amide bonds. The van der Waals surface area contributed by atoms with Gasteiger partial charge in [0, 0.05) is 42.6 Å². The third-order valence-corrected chi connectivity index (χ3v) is 4.84. The summed E-state index contributed by atoms with van der Waals surface area (Å²) in [6, 6.07) is 3.75. The molecule has 98 valence electrons. The maximum atomic E-state index is 11.6. The predicted molar refractivity (Wildman–Crippen MR) is 67.7 cm³/mol.